The molecule has 2 aromatic carbocycles. The van der Waals surface area contributed by atoms with Gasteiger partial charge in [0.15, 0.2) is 6.29 Å². The van der Waals surface area contributed by atoms with Gasteiger partial charge in [0.05, 0.1) is 15.5 Å². The quantitative estimate of drug-likeness (QED) is 0.514. The molecule has 2 aromatic rings. The molecule has 2 N–H and O–H groups in total. The molecule has 1 heterocycles. The van der Waals surface area contributed by atoms with Gasteiger partial charge in [-0.05, 0) is 50.5 Å². The zero-order chi connectivity index (χ0) is 21.0. The number of anilines is 2. The topological polar surface area (TPSA) is 120 Å². The Balaban J connectivity index is 1.81. The second-order valence-corrected chi connectivity index (χ2v) is 8.56. The lowest BCUT2D eigenvalue weighted by Gasteiger charge is -2.22. The van der Waals surface area contributed by atoms with Gasteiger partial charge in [-0.3, -0.25) is 20.3 Å². The Morgan fingerprint density at radius 2 is 1.90 bits per heavy atom. The molecule has 29 heavy (non-hydrogen) atoms. The molecule has 0 spiro atoms. The monoisotopic (exact) mass is 421 g/mol. The molecule has 1 saturated heterocycles. The number of nitrogens with one attached hydrogen (secondary N) is 2. The number of hydrogen-bond acceptors (Lipinski definition) is 7. The van der Waals surface area contributed by atoms with Crippen molar-refractivity contribution in [3.05, 3.63) is 57.6 Å². The number of nitro groups is 1. The van der Waals surface area contributed by atoms with Crippen molar-refractivity contribution in [3.63, 3.8) is 0 Å². The van der Waals surface area contributed by atoms with Crippen LogP contribution in [-0.2, 0) is 19.6 Å². The van der Waals surface area contributed by atoms with Crippen LogP contribution in [0, 0.1) is 24.0 Å². The summed E-state index contributed by atoms with van der Waals surface area (Å²) in [6, 6.07) is 8.87. The number of aryl methyl sites for hydroxylation is 2. The fraction of sp³-hybridized carbons (Fsp3) is 0.368. The second kappa shape index (κ2) is 8.76. The molecule has 9 nitrogen and oxygen atoms in total. The molecule has 10 heteroatoms. The molecule has 1 fully saturated rings. The van der Waals surface area contributed by atoms with Crippen molar-refractivity contribution in [2.75, 3.05) is 16.8 Å². The Morgan fingerprint density at radius 1 is 1.14 bits per heavy atom. The summed E-state index contributed by atoms with van der Waals surface area (Å²) >= 11 is 0. The summed E-state index contributed by atoms with van der Waals surface area (Å²) in [7, 11) is -4.00. The molecular weight excluding hydrogens is 398 g/mol. The Bertz CT molecular complexity index is 1000. The lowest BCUT2D eigenvalue weighted by Crippen LogP contribution is -2.25. The van der Waals surface area contributed by atoms with E-state index in [9.17, 15) is 18.5 Å². The van der Waals surface area contributed by atoms with Crippen LogP contribution in [-0.4, -0.2) is 26.2 Å². The van der Waals surface area contributed by atoms with Crippen LogP contribution in [0.25, 0.3) is 0 Å². The van der Waals surface area contributed by atoms with Gasteiger partial charge in [-0.15, -0.1) is 0 Å². The van der Waals surface area contributed by atoms with E-state index >= 15 is 0 Å². The van der Waals surface area contributed by atoms with Gasteiger partial charge in [0.2, 0.25) is 0 Å². The van der Waals surface area contributed by atoms with E-state index in [4.69, 9.17) is 9.57 Å². The van der Waals surface area contributed by atoms with Crippen molar-refractivity contribution in [3.8, 4) is 0 Å². The zero-order valence-electron chi connectivity index (χ0n) is 16.2. The van der Waals surface area contributed by atoms with Gasteiger partial charge in [0.1, 0.15) is 5.69 Å². The molecule has 0 aromatic heterocycles. The summed E-state index contributed by atoms with van der Waals surface area (Å²) in [5, 5.41) is 11.5. The highest BCUT2D eigenvalue weighted by molar-refractivity contribution is 7.92. The van der Waals surface area contributed by atoms with Gasteiger partial charge in [-0.25, -0.2) is 13.3 Å². The van der Waals surface area contributed by atoms with E-state index < -0.39 is 26.9 Å². The van der Waals surface area contributed by atoms with Crippen molar-refractivity contribution in [2.45, 2.75) is 44.3 Å². The lowest BCUT2D eigenvalue weighted by atomic mass is 10.1. The lowest BCUT2D eigenvalue weighted by molar-refractivity contribution is -0.384. The molecule has 1 aliphatic heterocycles. The molecule has 0 bridgehead atoms. The molecule has 0 saturated carbocycles. The first-order chi connectivity index (χ1) is 13.8. The van der Waals surface area contributed by atoms with E-state index in [2.05, 4.69) is 10.2 Å². The Labute approximate surface area is 169 Å². The summed E-state index contributed by atoms with van der Waals surface area (Å²) < 4.78 is 33.3. The van der Waals surface area contributed by atoms with Crippen molar-refractivity contribution in [2.24, 2.45) is 0 Å². The van der Waals surface area contributed by atoms with Crippen molar-refractivity contribution < 1.29 is 22.9 Å². The summed E-state index contributed by atoms with van der Waals surface area (Å²) in [4.78, 5) is 15.9. The van der Waals surface area contributed by atoms with Crippen LogP contribution in [0.15, 0.2) is 41.3 Å². The van der Waals surface area contributed by atoms with Gasteiger partial charge in [-0.2, -0.15) is 0 Å². The number of benzene rings is 2. The Kier molecular flexibility index (Phi) is 6.36. The van der Waals surface area contributed by atoms with Crippen LogP contribution >= 0.6 is 0 Å². The fourth-order valence-corrected chi connectivity index (χ4v) is 4.13. The molecule has 0 radical (unpaired) electrons. The largest absolute Gasteiger partial charge is 0.350 e. The second-order valence-electron chi connectivity index (χ2n) is 6.88. The minimum Gasteiger partial charge on any atom is -0.350 e. The smallest absolute Gasteiger partial charge is 0.295 e. The van der Waals surface area contributed by atoms with Crippen molar-refractivity contribution in [1.29, 1.82) is 0 Å². The zero-order valence-corrected chi connectivity index (χ0v) is 17.0. The number of nitrogens with zero attached hydrogens (tertiary/aromatic N) is 1. The predicted octanol–water partition coefficient (Wildman–Crippen LogP) is 3.88. The first kappa shape index (κ1) is 21.0. The van der Waals surface area contributed by atoms with Crippen molar-refractivity contribution in [1.82, 2.24) is 0 Å². The summed E-state index contributed by atoms with van der Waals surface area (Å²) in [5.74, 6) is 0. The van der Waals surface area contributed by atoms with Gasteiger partial charge in [-0.1, -0.05) is 17.7 Å². The third kappa shape index (κ3) is 5.22. The molecule has 0 amide bonds. The van der Waals surface area contributed by atoms with E-state index in [1.54, 1.807) is 19.1 Å². The highest BCUT2D eigenvalue weighted by atomic mass is 32.2. The third-order valence-electron chi connectivity index (χ3n) is 4.54. The van der Waals surface area contributed by atoms with Crippen LogP contribution in [0.4, 0.5) is 17.1 Å². The van der Waals surface area contributed by atoms with Gasteiger partial charge >= 0.3 is 0 Å². The number of sulfonamides is 1. The maximum Gasteiger partial charge on any atom is 0.295 e. The van der Waals surface area contributed by atoms with Crippen LogP contribution < -0.4 is 10.2 Å². The summed E-state index contributed by atoms with van der Waals surface area (Å²) in [6.45, 7) is 4.25. The SMILES string of the molecule is Cc1ccc(NS(=O)(=O)c2ccc(NOC3CCCCO3)c([N+](=O)[O-])c2)c(C)c1. The Morgan fingerprint density at radius 3 is 2.55 bits per heavy atom. The summed E-state index contributed by atoms with van der Waals surface area (Å²) in [6.07, 6.45) is 2.06. The summed E-state index contributed by atoms with van der Waals surface area (Å²) in [5.41, 5.74) is 4.33. The highest BCUT2D eigenvalue weighted by Gasteiger charge is 2.23. The van der Waals surface area contributed by atoms with Gasteiger partial charge in [0, 0.05) is 19.1 Å². The Hall–Kier alpha value is -2.69. The van der Waals surface area contributed by atoms with Gasteiger partial charge < -0.3 is 4.74 Å². The molecule has 156 valence electrons. The minimum atomic E-state index is -4.00. The van der Waals surface area contributed by atoms with Crippen molar-refractivity contribution >= 4 is 27.1 Å². The minimum absolute atomic E-state index is 0.0506. The first-order valence-electron chi connectivity index (χ1n) is 9.18. The van der Waals surface area contributed by atoms with Crippen LogP contribution in [0.2, 0.25) is 0 Å². The number of rotatable bonds is 7. The van der Waals surface area contributed by atoms with Crippen LogP contribution in [0.5, 0.6) is 0 Å². The average molecular weight is 421 g/mol. The molecule has 3 rings (SSSR count). The van der Waals surface area contributed by atoms with E-state index in [-0.39, 0.29) is 10.6 Å². The van der Waals surface area contributed by atoms with Crippen LogP contribution in [0.3, 0.4) is 0 Å². The standard InChI is InChI=1S/C19H23N3O6S/c1-13-6-8-16(14(2)11-13)21-29(25,26)15-7-9-17(18(12-15)22(23)24)20-28-19-5-3-4-10-27-19/h6-9,11-12,19-21H,3-5,10H2,1-2H3. The van der Waals surface area contributed by atoms with E-state index in [1.165, 1.54) is 12.1 Å². The maximum absolute atomic E-state index is 12.7. The molecule has 0 aliphatic carbocycles. The molecule has 1 aliphatic rings. The molecule has 1 unspecified atom stereocenters. The normalized spacial score (nSPS) is 17.0. The number of nitro benzene ring substituents is 1. The highest BCUT2D eigenvalue weighted by Crippen LogP contribution is 2.30. The molecule has 1 atom stereocenters. The number of ether oxygens (including phenoxy) is 1. The fourth-order valence-electron chi connectivity index (χ4n) is 2.98. The van der Waals surface area contributed by atoms with E-state index in [1.807, 2.05) is 13.0 Å². The third-order valence-corrected chi connectivity index (χ3v) is 5.90. The van der Waals surface area contributed by atoms with Gasteiger partial charge in [0.25, 0.3) is 15.7 Å². The first-order valence-corrected chi connectivity index (χ1v) is 10.7. The maximum atomic E-state index is 12.7. The number of hydrogen-bond donors (Lipinski definition) is 2. The van der Waals surface area contributed by atoms with E-state index in [0.29, 0.717) is 18.7 Å². The van der Waals surface area contributed by atoms with E-state index in [0.717, 1.165) is 30.0 Å². The van der Waals surface area contributed by atoms with Crippen LogP contribution in [0.1, 0.15) is 30.4 Å². The predicted molar refractivity (Wildman–Crippen MR) is 108 cm³/mol. The molecular formula is C19H23N3O6S. The average Bonchev–Trinajstić information content (AvgIpc) is 2.69.